The largest absolute Gasteiger partial charge is 0.369 e. The zero-order chi connectivity index (χ0) is 17.1. The van der Waals surface area contributed by atoms with Crippen molar-refractivity contribution in [3.8, 4) is 0 Å². The zero-order valence-corrected chi connectivity index (χ0v) is 14.6. The molecule has 0 saturated carbocycles. The highest BCUT2D eigenvalue weighted by atomic mass is 16.1. The average Bonchev–Trinajstić information content (AvgIpc) is 2.48. The van der Waals surface area contributed by atoms with E-state index in [0.717, 1.165) is 32.5 Å². The monoisotopic (exact) mass is 320 g/mol. The lowest BCUT2D eigenvalue weighted by Crippen LogP contribution is -2.76. The van der Waals surface area contributed by atoms with Crippen molar-refractivity contribution in [2.24, 2.45) is 11.1 Å². The maximum Gasteiger partial charge on any atom is 0.227 e. The Hall–Kier alpha value is -1.17. The molecule has 0 aromatic carbocycles. The summed E-state index contributed by atoms with van der Waals surface area (Å²) in [7, 11) is 0. The van der Waals surface area contributed by atoms with Crippen molar-refractivity contribution in [3.05, 3.63) is 25.3 Å². The number of carbonyl (C=O) groups is 1. The first-order valence-electron chi connectivity index (χ1n) is 8.69. The molecule has 0 aromatic heterocycles. The molecule has 130 valence electrons. The SMILES string of the molecule is C=CCC1(C(N)=O)CCCNC1(CC=C)N1CC(C)NC(C)C1. The molecule has 0 radical (unpaired) electrons. The third-order valence-corrected chi connectivity index (χ3v) is 5.49. The normalized spacial score (nSPS) is 38.9. The van der Waals surface area contributed by atoms with Crippen molar-refractivity contribution in [1.29, 1.82) is 0 Å². The van der Waals surface area contributed by atoms with E-state index in [1.807, 2.05) is 12.2 Å². The van der Waals surface area contributed by atoms with Gasteiger partial charge in [-0.15, -0.1) is 13.2 Å². The molecular weight excluding hydrogens is 288 g/mol. The Morgan fingerprint density at radius 2 is 1.87 bits per heavy atom. The molecule has 2 rings (SSSR count). The first kappa shape index (κ1) is 18.2. The van der Waals surface area contributed by atoms with E-state index in [9.17, 15) is 4.79 Å². The second-order valence-electron chi connectivity index (χ2n) is 7.20. The third-order valence-electron chi connectivity index (χ3n) is 5.49. The van der Waals surface area contributed by atoms with E-state index >= 15 is 0 Å². The van der Waals surface area contributed by atoms with E-state index in [-0.39, 0.29) is 5.91 Å². The van der Waals surface area contributed by atoms with E-state index in [1.165, 1.54) is 0 Å². The molecule has 2 saturated heterocycles. The van der Waals surface area contributed by atoms with E-state index < -0.39 is 11.1 Å². The van der Waals surface area contributed by atoms with Crippen molar-refractivity contribution >= 4 is 5.91 Å². The summed E-state index contributed by atoms with van der Waals surface area (Å²) in [5.41, 5.74) is 4.85. The van der Waals surface area contributed by atoms with Gasteiger partial charge in [0.2, 0.25) is 5.91 Å². The smallest absolute Gasteiger partial charge is 0.227 e. The zero-order valence-electron chi connectivity index (χ0n) is 14.6. The number of piperidine rings is 1. The number of rotatable bonds is 6. The van der Waals surface area contributed by atoms with Crippen LogP contribution >= 0.6 is 0 Å². The van der Waals surface area contributed by atoms with Gasteiger partial charge in [0.15, 0.2) is 0 Å². The number of hydrogen-bond acceptors (Lipinski definition) is 4. The van der Waals surface area contributed by atoms with Gasteiger partial charge < -0.3 is 11.1 Å². The lowest BCUT2D eigenvalue weighted by molar-refractivity contribution is -0.151. The van der Waals surface area contributed by atoms with Gasteiger partial charge in [-0.25, -0.2) is 0 Å². The number of primary amides is 1. The van der Waals surface area contributed by atoms with E-state index in [0.29, 0.717) is 24.9 Å². The van der Waals surface area contributed by atoms with Crippen molar-refractivity contribution < 1.29 is 4.79 Å². The Morgan fingerprint density at radius 1 is 1.26 bits per heavy atom. The Kier molecular flexibility index (Phi) is 5.65. The van der Waals surface area contributed by atoms with Crippen LogP contribution in [0.2, 0.25) is 0 Å². The van der Waals surface area contributed by atoms with Gasteiger partial charge in [0.05, 0.1) is 11.1 Å². The molecule has 0 bridgehead atoms. The molecule has 0 spiro atoms. The van der Waals surface area contributed by atoms with E-state index in [1.54, 1.807) is 0 Å². The Morgan fingerprint density at radius 3 is 2.39 bits per heavy atom. The van der Waals surface area contributed by atoms with Crippen LogP contribution in [-0.2, 0) is 4.79 Å². The Bertz CT molecular complexity index is 456. The standard InChI is InChI=1S/C18H32N4O/c1-5-8-17(16(19)23)10-7-11-20-18(17,9-6-2)22-12-14(3)21-15(4)13-22/h5-6,14-15,20-21H,1-2,7-13H2,3-4H3,(H2,19,23). The summed E-state index contributed by atoms with van der Waals surface area (Å²) in [5, 5.41) is 7.24. The van der Waals surface area contributed by atoms with Gasteiger partial charge in [-0.3, -0.25) is 15.0 Å². The molecule has 5 heteroatoms. The minimum absolute atomic E-state index is 0.231. The van der Waals surface area contributed by atoms with Crippen LogP contribution < -0.4 is 16.4 Å². The maximum atomic E-state index is 12.6. The Balaban J connectivity index is 2.51. The van der Waals surface area contributed by atoms with Gasteiger partial charge >= 0.3 is 0 Å². The molecule has 4 atom stereocenters. The van der Waals surface area contributed by atoms with Gasteiger partial charge in [0, 0.05) is 25.2 Å². The first-order valence-corrected chi connectivity index (χ1v) is 8.69. The lowest BCUT2D eigenvalue weighted by atomic mass is 9.64. The van der Waals surface area contributed by atoms with Crippen molar-refractivity contribution in [1.82, 2.24) is 15.5 Å². The Labute approximate surface area is 140 Å². The summed E-state index contributed by atoms with van der Waals surface area (Å²) < 4.78 is 0. The van der Waals surface area contributed by atoms with Crippen LogP contribution in [0.15, 0.2) is 25.3 Å². The molecule has 0 aliphatic carbocycles. The second kappa shape index (κ2) is 7.16. The topological polar surface area (TPSA) is 70.4 Å². The van der Waals surface area contributed by atoms with Crippen LogP contribution in [0.4, 0.5) is 0 Å². The number of allylic oxidation sites excluding steroid dienone is 1. The summed E-state index contributed by atoms with van der Waals surface area (Å²) in [6.07, 6.45) is 6.79. The average molecular weight is 320 g/mol. The molecule has 5 nitrogen and oxygen atoms in total. The minimum Gasteiger partial charge on any atom is -0.369 e. The predicted octanol–water partition coefficient (Wildman–Crippen LogP) is 1.37. The number of nitrogens with zero attached hydrogens (tertiary/aromatic N) is 1. The summed E-state index contributed by atoms with van der Waals surface area (Å²) in [5.74, 6) is -0.231. The molecule has 2 aliphatic rings. The van der Waals surface area contributed by atoms with Crippen LogP contribution in [0.25, 0.3) is 0 Å². The number of carbonyl (C=O) groups excluding carboxylic acids is 1. The minimum atomic E-state index is -0.641. The fourth-order valence-electron chi connectivity index (χ4n) is 4.66. The number of amides is 1. The molecule has 0 aromatic rings. The maximum absolute atomic E-state index is 12.6. The predicted molar refractivity (Wildman–Crippen MR) is 94.9 cm³/mol. The summed E-state index contributed by atoms with van der Waals surface area (Å²) in [6.45, 7) is 14.9. The summed E-state index contributed by atoms with van der Waals surface area (Å²) in [4.78, 5) is 15.0. The molecule has 1 amide bonds. The van der Waals surface area contributed by atoms with Gasteiger partial charge in [0.1, 0.15) is 0 Å². The van der Waals surface area contributed by atoms with Crippen molar-refractivity contribution in [2.45, 2.75) is 57.3 Å². The summed E-state index contributed by atoms with van der Waals surface area (Å²) in [6, 6.07) is 0.747. The lowest BCUT2D eigenvalue weighted by Gasteiger charge is -2.59. The number of hydrogen-bond donors (Lipinski definition) is 3. The highest BCUT2D eigenvalue weighted by Crippen LogP contribution is 2.47. The van der Waals surface area contributed by atoms with Crippen LogP contribution in [0.1, 0.15) is 39.5 Å². The fourth-order valence-corrected chi connectivity index (χ4v) is 4.66. The van der Waals surface area contributed by atoms with Gasteiger partial charge in [-0.2, -0.15) is 0 Å². The van der Waals surface area contributed by atoms with Gasteiger partial charge in [-0.1, -0.05) is 12.2 Å². The highest BCUT2D eigenvalue weighted by Gasteiger charge is 2.58. The molecule has 4 unspecified atom stereocenters. The quantitative estimate of drug-likeness (QED) is 0.647. The molecule has 4 N–H and O–H groups in total. The highest BCUT2D eigenvalue weighted by molar-refractivity contribution is 5.83. The number of nitrogens with one attached hydrogen (secondary N) is 2. The molecule has 23 heavy (non-hydrogen) atoms. The van der Waals surface area contributed by atoms with Crippen LogP contribution in [0, 0.1) is 5.41 Å². The van der Waals surface area contributed by atoms with Gasteiger partial charge in [0.25, 0.3) is 0 Å². The third kappa shape index (κ3) is 3.10. The van der Waals surface area contributed by atoms with Gasteiger partial charge in [-0.05, 0) is 46.1 Å². The van der Waals surface area contributed by atoms with Crippen LogP contribution in [0.3, 0.4) is 0 Å². The van der Waals surface area contributed by atoms with Crippen molar-refractivity contribution in [2.75, 3.05) is 19.6 Å². The van der Waals surface area contributed by atoms with E-state index in [4.69, 9.17) is 5.73 Å². The van der Waals surface area contributed by atoms with Crippen LogP contribution in [0.5, 0.6) is 0 Å². The molecular formula is C18H32N4O. The number of piperazine rings is 1. The summed E-state index contributed by atoms with van der Waals surface area (Å²) >= 11 is 0. The fraction of sp³-hybridized carbons (Fsp3) is 0.722. The molecule has 2 aliphatic heterocycles. The van der Waals surface area contributed by atoms with Crippen molar-refractivity contribution in [3.63, 3.8) is 0 Å². The molecule has 2 fully saturated rings. The van der Waals surface area contributed by atoms with E-state index in [2.05, 4.69) is 42.5 Å². The second-order valence-corrected chi connectivity index (χ2v) is 7.20. The van der Waals surface area contributed by atoms with Crippen LogP contribution in [-0.4, -0.2) is 48.2 Å². The molecule has 2 heterocycles. The number of nitrogens with two attached hydrogens (primary N) is 1. The first-order chi connectivity index (χ1) is 10.9.